The van der Waals surface area contributed by atoms with Crippen molar-refractivity contribution in [3.8, 4) is 0 Å². The van der Waals surface area contributed by atoms with Crippen LogP contribution in [0.25, 0.3) is 0 Å². The third-order valence-corrected chi connectivity index (χ3v) is 3.34. The Morgan fingerprint density at radius 2 is 2.15 bits per heavy atom. The number of ether oxygens (including phenoxy) is 1. The van der Waals surface area contributed by atoms with Crippen LogP contribution in [-0.4, -0.2) is 44.0 Å². The zero-order chi connectivity index (χ0) is 15.0. The Labute approximate surface area is 132 Å². The number of nitrogens with one attached hydrogen (secondary N) is 1. The van der Waals surface area contributed by atoms with Crippen molar-refractivity contribution in [3.63, 3.8) is 0 Å². The first-order valence-electron chi connectivity index (χ1n) is 6.32. The van der Waals surface area contributed by atoms with Gasteiger partial charge in [-0.2, -0.15) is 0 Å². The van der Waals surface area contributed by atoms with Crippen LogP contribution in [0.1, 0.15) is 12.8 Å². The largest absolute Gasteiger partial charge is 0.469 e. The molecule has 110 valence electrons. The van der Waals surface area contributed by atoms with Gasteiger partial charge in [0.05, 0.1) is 13.7 Å². The Kier molecular flexibility index (Phi) is 7.53. The van der Waals surface area contributed by atoms with Crippen LogP contribution in [0.3, 0.4) is 0 Å². The van der Waals surface area contributed by atoms with Crippen molar-refractivity contribution < 1.29 is 14.3 Å². The zero-order valence-electron chi connectivity index (χ0n) is 11.7. The van der Waals surface area contributed by atoms with Gasteiger partial charge in [-0.3, -0.25) is 14.5 Å². The molecule has 0 aliphatic rings. The van der Waals surface area contributed by atoms with Gasteiger partial charge >= 0.3 is 5.97 Å². The van der Waals surface area contributed by atoms with Crippen LogP contribution in [0.15, 0.2) is 24.3 Å². The highest BCUT2D eigenvalue weighted by molar-refractivity contribution is 14.1. The van der Waals surface area contributed by atoms with Gasteiger partial charge in [0, 0.05) is 15.7 Å². The number of carbonyl (C=O) groups is 2. The smallest absolute Gasteiger partial charge is 0.305 e. The van der Waals surface area contributed by atoms with Gasteiger partial charge in [-0.1, -0.05) is 6.07 Å². The minimum atomic E-state index is -0.221. The maximum atomic E-state index is 11.8. The summed E-state index contributed by atoms with van der Waals surface area (Å²) >= 11 is 2.20. The second-order valence-corrected chi connectivity index (χ2v) is 5.72. The lowest BCUT2D eigenvalue weighted by Gasteiger charge is -2.15. The molecule has 0 heterocycles. The van der Waals surface area contributed by atoms with E-state index in [4.69, 9.17) is 0 Å². The third kappa shape index (κ3) is 6.85. The number of methoxy groups -OCH3 is 1. The van der Waals surface area contributed by atoms with Crippen molar-refractivity contribution in [1.29, 1.82) is 0 Å². The Morgan fingerprint density at radius 3 is 2.80 bits per heavy atom. The second-order valence-electron chi connectivity index (χ2n) is 4.48. The molecule has 6 heteroatoms. The van der Waals surface area contributed by atoms with Crippen LogP contribution < -0.4 is 5.32 Å². The molecular weight excluding hydrogens is 371 g/mol. The SMILES string of the molecule is COC(=O)CCCN(C)CC(=O)Nc1cccc(I)c1. The van der Waals surface area contributed by atoms with Gasteiger partial charge in [0.1, 0.15) is 0 Å². The third-order valence-electron chi connectivity index (χ3n) is 2.67. The fourth-order valence-electron chi connectivity index (χ4n) is 1.69. The molecule has 0 spiro atoms. The van der Waals surface area contributed by atoms with Crippen molar-refractivity contribution in [1.82, 2.24) is 4.90 Å². The number of halogens is 1. The molecule has 5 nitrogen and oxygen atoms in total. The topological polar surface area (TPSA) is 58.6 Å². The van der Waals surface area contributed by atoms with Crippen molar-refractivity contribution in [3.05, 3.63) is 27.8 Å². The van der Waals surface area contributed by atoms with Gasteiger partial charge < -0.3 is 10.1 Å². The predicted octanol–water partition coefficient (Wildman–Crippen LogP) is 2.11. The molecule has 0 radical (unpaired) electrons. The van der Waals surface area contributed by atoms with E-state index in [0.29, 0.717) is 25.9 Å². The van der Waals surface area contributed by atoms with Gasteiger partial charge in [0.15, 0.2) is 0 Å². The van der Waals surface area contributed by atoms with E-state index >= 15 is 0 Å². The molecule has 20 heavy (non-hydrogen) atoms. The van der Waals surface area contributed by atoms with Crippen LogP contribution in [0, 0.1) is 3.57 Å². The molecule has 1 aromatic carbocycles. The summed E-state index contributed by atoms with van der Waals surface area (Å²) in [7, 11) is 3.23. The second kappa shape index (κ2) is 8.91. The molecule has 0 saturated heterocycles. The highest BCUT2D eigenvalue weighted by atomic mass is 127. The number of anilines is 1. The number of esters is 1. The fourth-order valence-corrected chi connectivity index (χ4v) is 2.23. The van der Waals surface area contributed by atoms with Crippen LogP contribution >= 0.6 is 22.6 Å². The first-order valence-corrected chi connectivity index (χ1v) is 7.40. The van der Waals surface area contributed by atoms with Crippen LogP contribution in [0.4, 0.5) is 5.69 Å². The lowest BCUT2D eigenvalue weighted by Crippen LogP contribution is -2.31. The van der Waals surface area contributed by atoms with Gasteiger partial charge in [0.25, 0.3) is 0 Å². The lowest BCUT2D eigenvalue weighted by atomic mass is 10.3. The average molecular weight is 390 g/mol. The minimum absolute atomic E-state index is 0.0624. The van der Waals surface area contributed by atoms with Gasteiger partial charge in [-0.05, 0) is 60.8 Å². The highest BCUT2D eigenvalue weighted by Crippen LogP contribution is 2.12. The maximum absolute atomic E-state index is 11.8. The van der Waals surface area contributed by atoms with Gasteiger partial charge in [-0.15, -0.1) is 0 Å². The van der Waals surface area contributed by atoms with E-state index in [1.165, 1.54) is 7.11 Å². The van der Waals surface area contributed by atoms with Crippen molar-refractivity contribution in [2.24, 2.45) is 0 Å². The molecular formula is C14H19IN2O3. The molecule has 0 aliphatic heterocycles. The number of hydrogen-bond donors (Lipinski definition) is 1. The van der Waals surface area contributed by atoms with Gasteiger partial charge in [0.2, 0.25) is 5.91 Å². The number of carbonyl (C=O) groups excluding carboxylic acids is 2. The summed E-state index contributed by atoms with van der Waals surface area (Å²) in [6.45, 7) is 0.974. The molecule has 0 aromatic heterocycles. The van der Waals surface area contributed by atoms with E-state index in [1.807, 2.05) is 36.2 Å². The Hall–Kier alpha value is -1.15. The monoisotopic (exact) mass is 390 g/mol. The summed E-state index contributed by atoms with van der Waals surface area (Å²) in [4.78, 5) is 24.7. The summed E-state index contributed by atoms with van der Waals surface area (Å²) in [5.41, 5.74) is 0.796. The zero-order valence-corrected chi connectivity index (χ0v) is 13.8. The van der Waals surface area contributed by atoms with E-state index < -0.39 is 0 Å². The first kappa shape index (κ1) is 16.9. The van der Waals surface area contributed by atoms with E-state index in [2.05, 4.69) is 32.6 Å². The molecule has 0 fully saturated rings. The molecule has 0 saturated carbocycles. The van der Waals surface area contributed by atoms with E-state index in [1.54, 1.807) is 0 Å². The Bertz CT molecular complexity index is 465. The summed E-state index contributed by atoms with van der Waals surface area (Å²) in [6.07, 6.45) is 1.05. The number of likely N-dealkylation sites (N-methyl/N-ethyl adjacent to an activating group) is 1. The molecule has 1 rings (SSSR count). The van der Waals surface area contributed by atoms with Gasteiger partial charge in [-0.25, -0.2) is 0 Å². The normalized spacial score (nSPS) is 10.4. The molecule has 0 aliphatic carbocycles. The summed E-state index contributed by atoms with van der Waals surface area (Å²) in [5.74, 6) is -0.283. The number of hydrogen-bond acceptors (Lipinski definition) is 4. The molecule has 0 bridgehead atoms. The summed E-state index contributed by atoms with van der Waals surface area (Å²) in [5, 5.41) is 2.85. The molecule has 0 unspecified atom stereocenters. The average Bonchev–Trinajstić information content (AvgIpc) is 2.38. The van der Waals surface area contributed by atoms with Crippen molar-refractivity contribution >= 4 is 40.2 Å². The standard InChI is InChI=1S/C14H19IN2O3/c1-17(8-4-7-14(19)20-2)10-13(18)16-12-6-3-5-11(15)9-12/h3,5-6,9H,4,7-8,10H2,1-2H3,(H,16,18). The summed E-state index contributed by atoms with van der Waals surface area (Å²) < 4.78 is 5.64. The predicted molar refractivity (Wildman–Crippen MR) is 86.5 cm³/mol. The number of amides is 1. The highest BCUT2D eigenvalue weighted by Gasteiger charge is 2.08. The number of nitrogens with zero attached hydrogens (tertiary/aromatic N) is 1. The van der Waals surface area contributed by atoms with Crippen molar-refractivity contribution in [2.75, 3.05) is 32.6 Å². The van der Waals surface area contributed by atoms with E-state index in [0.717, 1.165) is 9.26 Å². The maximum Gasteiger partial charge on any atom is 0.305 e. The van der Waals surface area contributed by atoms with Crippen LogP contribution in [0.2, 0.25) is 0 Å². The minimum Gasteiger partial charge on any atom is -0.469 e. The molecule has 1 N–H and O–H groups in total. The quantitative estimate of drug-likeness (QED) is 0.573. The van der Waals surface area contributed by atoms with E-state index in [9.17, 15) is 9.59 Å². The Morgan fingerprint density at radius 1 is 1.40 bits per heavy atom. The van der Waals surface area contributed by atoms with Crippen LogP contribution in [-0.2, 0) is 14.3 Å². The first-order chi connectivity index (χ1) is 9.51. The number of rotatable bonds is 7. The Balaban J connectivity index is 2.29. The summed E-state index contributed by atoms with van der Waals surface area (Å²) in [6, 6.07) is 7.64. The van der Waals surface area contributed by atoms with Crippen molar-refractivity contribution in [2.45, 2.75) is 12.8 Å². The van der Waals surface area contributed by atoms with Crippen LogP contribution in [0.5, 0.6) is 0 Å². The van der Waals surface area contributed by atoms with E-state index in [-0.39, 0.29) is 11.9 Å². The lowest BCUT2D eigenvalue weighted by molar-refractivity contribution is -0.140. The number of benzene rings is 1. The molecule has 0 atom stereocenters. The molecule has 1 amide bonds. The fraction of sp³-hybridized carbons (Fsp3) is 0.429. The molecule has 1 aromatic rings.